The number of rotatable bonds is 4. The molecule has 0 spiro atoms. The van der Waals surface area contributed by atoms with Gasteiger partial charge < -0.3 is 0 Å². The normalized spacial score (nSPS) is 17.3. The molecule has 24 heavy (non-hydrogen) atoms. The Labute approximate surface area is 150 Å². The lowest BCUT2D eigenvalue weighted by Crippen LogP contribution is -2.30. The predicted molar refractivity (Wildman–Crippen MR) is 96.3 cm³/mol. The molecule has 1 atom stereocenters. The summed E-state index contributed by atoms with van der Waals surface area (Å²) in [6.07, 6.45) is 0.697. The summed E-state index contributed by atoms with van der Waals surface area (Å²) in [6.45, 7) is 1.45. The Morgan fingerprint density at radius 3 is 2.58 bits per heavy atom. The molecule has 0 aliphatic carbocycles. The molecule has 7 heteroatoms. The van der Waals surface area contributed by atoms with E-state index in [9.17, 15) is 13.2 Å². The van der Waals surface area contributed by atoms with Crippen LogP contribution in [0.25, 0.3) is 0 Å². The smallest absolute Gasteiger partial charge is 0.241 e. The third-order valence-corrected chi connectivity index (χ3v) is 6.73. The van der Waals surface area contributed by atoms with Gasteiger partial charge in [0.25, 0.3) is 0 Å². The molecule has 1 N–H and O–H groups in total. The molecule has 0 saturated heterocycles. The number of sulfonamides is 1. The zero-order chi connectivity index (χ0) is 17.3. The van der Waals surface area contributed by atoms with Crippen LogP contribution in [-0.2, 0) is 10.0 Å². The zero-order valence-electron chi connectivity index (χ0n) is 13.0. The van der Waals surface area contributed by atoms with Crippen molar-refractivity contribution in [2.75, 3.05) is 5.75 Å². The number of Topliss-reactive ketones (excluding diaryl/α,β-unsaturated/α-hetero) is 1. The number of carbonyl (C=O) groups excluding carboxylic acids is 1. The van der Waals surface area contributed by atoms with Crippen LogP contribution in [0.15, 0.2) is 52.3 Å². The fourth-order valence-electron chi connectivity index (χ4n) is 2.61. The molecule has 0 bridgehead atoms. The first-order chi connectivity index (χ1) is 11.4. The third kappa shape index (κ3) is 3.67. The van der Waals surface area contributed by atoms with Crippen molar-refractivity contribution in [1.29, 1.82) is 0 Å². The summed E-state index contributed by atoms with van der Waals surface area (Å²) in [5.41, 5.74) is 1.39. The van der Waals surface area contributed by atoms with Crippen molar-refractivity contribution < 1.29 is 13.2 Å². The fourth-order valence-corrected chi connectivity index (χ4v) is 5.15. The molecule has 1 unspecified atom stereocenters. The topological polar surface area (TPSA) is 63.2 Å². The van der Waals surface area contributed by atoms with Gasteiger partial charge in [-0.05, 0) is 55.0 Å². The first-order valence-corrected chi connectivity index (χ1v) is 10.3. The van der Waals surface area contributed by atoms with Crippen LogP contribution in [0.1, 0.15) is 35.3 Å². The first kappa shape index (κ1) is 17.5. The summed E-state index contributed by atoms with van der Waals surface area (Å²) in [6, 6.07) is 11.2. The first-order valence-electron chi connectivity index (χ1n) is 7.42. The molecule has 126 valence electrons. The van der Waals surface area contributed by atoms with E-state index in [0.717, 1.165) is 16.2 Å². The minimum Gasteiger partial charge on any atom is -0.295 e. The third-order valence-electron chi connectivity index (χ3n) is 3.88. The van der Waals surface area contributed by atoms with Crippen LogP contribution in [0, 0.1) is 0 Å². The van der Waals surface area contributed by atoms with Crippen molar-refractivity contribution in [2.45, 2.75) is 29.2 Å². The van der Waals surface area contributed by atoms with Crippen molar-refractivity contribution in [2.24, 2.45) is 0 Å². The number of ketones is 1. The molecule has 2 aromatic carbocycles. The average Bonchev–Trinajstić information content (AvgIpc) is 2.55. The van der Waals surface area contributed by atoms with Crippen molar-refractivity contribution in [3.8, 4) is 0 Å². The predicted octanol–water partition coefficient (Wildman–Crippen LogP) is 4.06. The van der Waals surface area contributed by atoms with Gasteiger partial charge in [0, 0.05) is 21.5 Å². The summed E-state index contributed by atoms with van der Waals surface area (Å²) < 4.78 is 28.0. The Morgan fingerprint density at radius 1 is 1.21 bits per heavy atom. The number of thioether (sulfide) groups is 1. The van der Waals surface area contributed by atoms with Gasteiger partial charge in [0.2, 0.25) is 10.0 Å². The second-order valence-electron chi connectivity index (χ2n) is 5.57. The zero-order valence-corrected chi connectivity index (χ0v) is 15.3. The number of carbonyl (C=O) groups is 1. The number of hydrogen-bond donors (Lipinski definition) is 1. The second-order valence-corrected chi connectivity index (χ2v) is 8.86. The number of fused-ring (bicyclic) bond motifs is 1. The van der Waals surface area contributed by atoms with Crippen LogP contribution in [0.2, 0.25) is 5.02 Å². The average molecular weight is 382 g/mol. The summed E-state index contributed by atoms with van der Waals surface area (Å²) in [4.78, 5) is 12.5. The van der Waals surface area contributed by atoms with Crippen molar-refractivity contribution in [3.63, 3.8) is 0 Å². The molecule has 4 nitrogen and oxygen atoms in total. The number of hydrogen-bond acceptors (Lipinski definition) is 4. The highest BCUT2D eigenvalue weighted by Gasteiger charge is 2.26. The molecule has 0 fully saturated rings. The van der Waals surface area contributed by atoms with Crippen LogP contribution in [0.5, 0.6) is 0 Å². The van der Waals surface area contributed by atoms with E-state index in [0.29, 0.717) is 17.0 Å². The number of halogens is 1. The summed E-state index contributed by atoms with van der Waals surface area (Å²) in [7, 11) is -3.67. The van der Waals surface area contributed by atoms with Crippen LogP contribution in [0.4, 0.5) is 0 Å². The van der Waals surface area contributed by atoms with Crippen molar-refractivity contribution >= 4 is 39.2 Å². The number of benzene rings is 2. The van der Waals surface area contributed by atoms with Crippen LogP contribution >= 0.6 is 23.4 Å². The van der Waals surface area contributed by atoms with Crippen LogP contribution in [0.3, 0.4) is 0 Å². The van der Waals surface area contributed by atoms with E-state index in [1.165, 1.54) is 31.2 Å². The van der Waals surface area contributed by atoms with Gasteiger partial charge in [-0.2, -0.15) is 0 Å². The van der Waals surface area contributed by atoms with E-state index < -0.39 is 10.0 Å². The van der Waals surface area contributed by atoms with E-state index in [2.05, 4.69) is 4.72 Å². The summed E-state index contributed by atoms with van der Waals surface area (Å²) >= 11 is 7.76. The molecule has 2 aromatic rings. The molecule has 0 amide bonds. The lowest BCUT2D eigenvalue weighted by atomic mass is 10.1. The molecule has 1 aliphatic rings. The van der Waals surface area contributed by atoms with Gasteiger partial charge >= 0.3 is 0 Å². The van der Waals surface area contributed by atoms with Crippen LogP contribution in [-0.4, -0.2) is 20.0 Å². The van der Waals surface area contributed by atoms with Gasteiger partial charge in [-0.3, -0.25) is 4.79 Å². The highest BCUT2D eigenvalue weighted by Crippen LogP contribution is 2.38. The molecule has 0 radical (unpaired) electrons. The van der Waals surface area contributed by atoms with E-state index in [4.69, 9.17) is 11.6 Å². The molecule has 3 rings (SSSR count). The second kappa shape index (κ2) is 6.88. The van der Waals surface area contributed by atoms with E-state index >= 15 is 0 Å². The molecule has 0 saturated carbocycles. The van der Waals surface area contributed by atoms with Gasteiger partial charge in [-0.15, -0.1) is 11.8 Å². The maximum atomic E-state index is 12.6. The lowest BCUT2D eigenvalue weighted by Gasteiger charge is -2.26. The Kier molecular flexibility index (Phi) is 5.01. The van der Waals surface area contributed by atoms with Crippen LogP contribution < -0.4 is 4.72 Å². The van der Waals surface area contributed by atoms with Gasteiger partial charge in [0.1, 0.15) is 0 Å². The lowest BCUT2D eigenvalue weighted by molar-refractivity contribution is 0.101. The standard InChI is InChI=1S/C17H16ClNO3S2/c1-11(20)12-2-5-14(6-3-12)24(21,22)19-16-8-9-23-17-7-4-13(18)10-15(16)17/h2-7,10,16,19H,8-9H2,1H3. The van der Waals surface area contributed by atoms with Gasteiger partial charge in [-0.25, -0.2) is 13.1 Å². The SMILES string of the molecule is CC(=O)c1ccc(S(=O)(=O)NC2CCSc3ccc(Cl)cc32)cc1. The van der Waals surface area contributed by atoms with Gasteiger partial charge in [-0.1, -0.05) is 23.7 Å². The van der Waals surface area contributed by atoms with E-state index in [-0.39, 0.29) is 16.7 Å². The Balaban J connectivity index is 1.88. The molecule has 1 heterocycles. The fraction of sp³-hybridized carbons (Fsp3) is 0.235. The Bertz CT molecular complexity index is 879. The van der Waals surface area contributed by atoms with Gasteiger partial charge in [0.05, 0.1) is 4.90 Å². The Morgan fingerprint density at radius 2 is 1.92 bits per heavy atom. The highest BCUT2D eigenvalue weighted by molar-refractivity contribution is 7.99. The molecule has 1 aliphatic heterocycles. The quantitative estimate of drug-likeness (QED) is 0.811. The van der Waals surface area contributed by atoms with E-state index in [1.54, 1.807) is 11.8 Å². The number of nitrogens with one attached hydrogen (secondary N) is 1. The minimum atomic E-state index is -3.67. The molecular weight excluding hydrogens is 366 g/mol. The van der Waals surface area contributed by atoms with Crippen molar-refractivity contribution in [1.82, 2.24) is 4.72 Å². The van der Waals surface area contributed by atoms with Crippen molar-refractivity contribution in [3.05, 3.63) is 58.6 Å². The summed E-state index contributed by atoms with van der Waals surface area (Å²) in [5.74, 6) is 0.741. The molecule has 0 aromatic heterocycles. The van der Waals surface area contributed by atoms with E-state index in [1.807, 2.05) is 18.2 Å². The maximum Gasteiger partial charge on any atom is 0.241 e. The highest BCUT2D eigenvalue weighted by atomic mass is 35.5. The monoisotopic (exact) mass is 381 g/mol. The Hall–Kier alpha value is -1.34. The molecular formula is C17H16ClNO3S2. The van der Waals surface area contributed by atoms with Gasteiger partial charge in [0.15, 0.2) is 5.78 Å². The maximum absolute atomic E-state index is 12.6. The largest absolute Gasteiger partial charge is 0.295 e. The minimum absolute atomic E-state index is 0.0974. The summed E-state index contributed by atoms with van der Waals surface area (Å²) in [5, 5.41) is 0.589.